The third-order valence-corrected chi connectivity index (χ3v) is 5.97. The van der Waals surface area contributed by atoms with Crippen LogP contribution in [0, 0.1) is 11.7 Å². The summed E-state index contributed by atoms with van der Waals surface area (Å²) in [6.45, 7) is 0.832. The lowest BCUT2D eigenvalue weighted by Gasteiger charge is -2.20. The van der Waals surface area contributed by atoms with Crippen molar-refractivity contribution in [1.82, 2.24) is 5.32 Å². The lowest BCUT2D eigenvalue weighted by Crippen LogP contribution is -2.33. The van der Waals surface area contributed by atoms with Crippen molar-refractivity contribution in [2.24, 2.45) is 5.92 Å². The minimum atomic E-state index is -0.404. The summed E-state index contributed by atoms with van der Waals surface area (Å²) in [5.41, 5.74) is 0.604. The molecule has 1 N–H and O–H groups in total. The van der Waals surface area contributed by atoms with E-state index in [1.807, 2.05) is 0 Å². The molecule has 6 nitrogen and oxygen atoms in total. The Labute approximate surface area is 179 Å². The van der Waals surface area contributed by atoms with E-state index in [1.165, 1.54) is 12.1 Å². The topological polar surface area (TPSA) is 67.9 Å². The Balaban J connectivity index is 1.48. The van der Waals surface area contributed by atoms with Crippen LogP contribution in [0.4, 0.5) is 10.1 Å². The largest absolute Gasteiger partial charge is 0.497 e. The molecule has 1 atom stereocenters. The molecule has 30 heavy (non-hydrogen) atoms. The summed E-state index contributed by atoms with van der Waals surface area (Å²) in [5, 5.41) is 2.92. The van der Waals surface area contributed by atoms with Gasteiger partial charge in [0.15, 0.2) is 0 Å². The number of anilines is 1. The fourth-order valence-electron chi connectivity index (χ4n) is 3.27. The van der Waals surface area contributed by atoms with Gasteiger partial charge in [-0.1, -0.05) is 0 Å². The zero-order valence-electron chi connectivity index (χ0n) is 17.0. The second kappa shape index (κ2) is 10.3. The standard InChI is InChI=1S/C22H25FN2O4S/c1-28-17-6-9-20(29-2)19(13-17)25-14-15(12-21(25)26)22(27)24-10-3-11-30-18-7-4-16(23)5-8-18/h4-9,13,15H,3,10-12,14H2,1-2H3,(H,24,27). The second-order valence-electron chi connectivity index (χ2n) is 6.89. The van der Waals surface area contributed by atoms with E-state index in [9.17, 15) is 14.0 Å². The van der Waals surface area contributed by atoms with Gasteiger partial charge in [0.2, 0.25) is 11.8 Å². The first-order valence-electron chi connectivity index (χ1n) is 9.70. The predicted molar refractivity (Wildman–Crippen MR) is 115 cm³/mol. The number of carbonyl (C=O) groups excluding carboxylic acids is 2. The number of ether oxygens (including phenoxy) is 2. The Morgan fingerprint density at radius 2 is 1.97 bits per heavy atom. The molecule has 0 bridgehead atoms. The smallest absolute Gasteiger partial charge is 0.227 e. The maximum absolute atomic E-state index is 12.9. The molecule has 1 fully saturated rings. The van der Waals surface area contributed by atoms with Crippen molar-refractivity contribution < 1.29 is 23.5 Å². The van der Waals surface area contributed by atoms with Crippen molar-refractivity contribution in [3.05, 3.63) is 48.3 Å². The van der Waals surface area contributed by atoms with Crippen molar-refractivity contribution in [2.45, 2.75) is 17.7 Å². The van der Waals surface area contributed by atoms with Gasteiger partial charge >= 0.3 is 0 Å². The second-order valence-corrected chi connectivity index (χ2v) is 8.06. The van der Waals surface area contributed by atoms with E-state index in [1.54, 1.807) is 61.2 Å². The summed E-state index contributed by atoms with van der Waals surface area (Å²) >= 11 is 1.61. The Morgan fingerprint density at radius 3 is 2.67 bits per heavy atom. The normalized spacial score (nSPS) is 15.9. The molecule has 0 saturated carbocycles. The summed E-state index contributed by atoms with van der Waals surface area (Å²) in [6.07, 6.45) is 0.943. The van der Waals surface area contributed by atoms with Crippen molar-refractivity contribution in [1.29, 1.82) is 0 Å². The molecule has 1 heterocycles. The van der Waals surface area contributed by atoms with Crippen LogP contribution < -0.4 is 19.7 Å². The zero-order valence-corrected chi connectivity index (χ0v) is 17.8. The van der Waals surface area contributed by atoms with Crippen molar-refractivity contribution in [2.75, 3.05) is 38.0 Å². The lowest BCUT2D eigenvalue weighted by molar-refractivity contribution is -0.126. The van der Waals surface area contributed by atoms with E-state index in [2.05, 4.69) is 5.32 Å². The summed E-state index contributed by atoms with van der Waals surface area (Å²) in [6, 6.07) is 11.6. The molecule has 2 aromatic carbocycles. The molecular weight excluding hydrogens is 407 g/mol. The number of hydrogen-bond donors (Lipinski definition) is 1. The Kier molecular flexibility index (Phi) is 7.57. The van der Waals surface area contributed by atoms with Crippen LogP contribution in [0.15, 0.2) is 47.4 Å². The number of carbonyl (C=O) groups is 2. The van der Waals surface area contributed by atoms with Gasteiger partial charge < -0.3 is 19.7 Å². The van der Waals surface area contributed by atoms with Gasteiger partial charge in [0.25, 0.3) is 0 Å². The first-order valence-corrected chi connectivity index (χ1v) is 10.7. The fraction of sp³-hybridized carbons (Fsp3) is 0.364. The number of benzene rings is 2. The maximum Gasteiger partial charge on any atom is 0.227 e. The van der Waals surface area contributed by atoms with Crippen LogP contribution in [0.3, 0.4) is 0 Å². The summed E-state index contributed by atoms with van der Waals surface area (Å²) in [7, 11) is 3.10. The highest BCUT2D eigenvalue weighted by Gasteiger charge is 2.36. The number of nitrogens with zero attached hydrogens (tertiary/aromatic N) is 1. The van der Waals surface area contributed by atoms with Crippen LogP contribution in [-0.2, 0) is 9.59 Å². The average molecular weight is 433 g/mol. The van der Waals surface area contributed by atoms with Gasteiger partial charge in [-0.15, -0.1) is 11.8 Å². The molecule has 0 spiro atoms. The molecule has 0 aromatic heterocycles. The first-order chi connectivity index (χ1) is 14.5. The molecule has 1 saturated heterocycles. The molecule has 1 aliphatic rings. The molecule has 1 aliphatic heterocycles. The third-order valence-electron chi connectivity index (χ3n) is 4.88. The zero-order chi connectivity index (χ0) is 21.5. The number of rotatable bonds is 9. The van der Waals surface area contributed by atoms with Crippen LogP contribution in [0.2, 0.25) is 0 Å². The van der Waals surface area contributed by atoms with Gasteiger partial charge in [0.1, 0.15) is 17.3 Å². The van der Waals surface area contributed by atoms with Gasteiger partial charge in [0.05, 0.1) is 25.8 Å². The van der Waals surface area contributed by atoms with Gasteiger partial charge in [-0.05, 0) is 48.6 Å². The molecule has 2 aromatic rings. The SMILES string of the molecule is COc1ccc(OC)c(N2CC(C(=O)NCCCSc3ccc(F)cc3)CC2=O)c1. The van der Waals surface area contributed by atoms with Gasteiger partial charge in [0, 0.05) is 30.5 Å². The van der Waals surface area contributed by atoms with Gasteiger partial charge in [-0.25, -0.2) is 4.39 Å². The van der Waals surface area contributed by atoms with Crippen molar-refractivity contribution >= 4 is 29.3 Å². The molecule has 0 radical (unpaired) electrons. The van der Waals surface area contributed by atoms with E-state index in [0.717, 1.165) is 17.1 Å². The lowest BCUT2D eigenvalue weighted by atomic mass is 10.1. The first kappa shape index (κ1) is 22.0. The number of halogens is 1. The van der Waals surface area contributed by atoms with Crippen LogP contribution in [0.25, 0.3) is 0 Å². The van der Waals surface area contributed by atoms with E-state index < -0.39 is 5.92 Å². The van der Waals surface area contributed by atoms with Crippen molar-refractivity contribution in [3.8, 4) is 11.5 Å². The highest BCUT2D eigenvalue weighted by molar-refractivity contribution is 7.99. The minimum Gasteiger partial charge on any atom is -0.497 e. The molecule has 0 aliphatic carbocycles. The number of methoxy groups -OCH3 is 2. The number of nitrogens with one attached hydrogen (secondary N) is 1. The summed E-state index contributed by atoms with van der Waals surface area (Å²) in [5.74, 6) is 1.08. The molecule has 8 heteroatoms. The Hall–Kier alpha value is -2.74. The highest BCUT2D eigenvalue weighted by atomic mass is 32.2. The van der Waals surface area contributed by atoms with E-state index >= 15 is 0 Å². The molecular formula is C22H25FN2O4S. The predicted octanol–water partition coefficient (Wildman–Crippen LogP) is 3.49. The molecule has 3 rings (SSSR count). The van der Waals surface area contributed by atoms with Crippen molar-refractivity contribution in [3.63, 3.8) is 0 Å². The van der Waals surface area contributed by atoms with Crippen LogP contribution in [0.5, 0.6) is 11.5 Å². The quantitative estimate of drug-likeness (QED) is 0.485. The fourth-order valence-corrected chi connectivity index (χ4v) is 4.13. The average Bonchev–Trinajstić information content (AvgIpc) is 3.15. The van der Waals surface area contributed by atoms with E-state index in [-0.39, 0.29) is 24.1 Å². The van der Waals surface area contributed by atoms with E-state index in [0.29, 0.717) is 30.3 Å². The summed E-state index contributed by atoms with van der Waals surface area (Å²) < 4.78 is 23.5. The maximum atomic E-state index is 12.9. The highest BCUT2D eigenvalue weighted by Crippen LogP contribution is 2.36. The van der Waals surface area contributed by atoms with Crippen LogP contribution in [-0.4, -0.2) is 44.9 Å². The minimum absolute atomic E-state index is 0.117. The monoisotopic (exact) mass is 432 g/mol. The Morgan fingerprint density at radius 1 is 1.20 bits per heavy atom. The van der Waals surface area contributed by atoms with Crippen LogP contribution in [0.1, 0.15) is 12.8 Å². The van der Waals surface area contributed by atoms with Crippen LogP contribution >= 0.6 is 11.8 Å². The molecule has 1 unspecified atom stereocenters. The number of hydrogen-bond acceptors (Lipinski definition) is 5. The Bertz CT molecular complexity index is 891. The number of thioether (sulfide) groups is 1. The number of amides is 2. The van der Waals surface area contributed by atoms with Gasteiger partial charge in [-0.3, -0.25) is 9.59 Å². The third kappa shape index (κ3) is 5.44. The molecule has 160 valence electrons. The summed E-state index contributed by atoms with van der Waals surface area (Å²) in [4.78, 5) is 27.6. The van der Waals surface area contributed by atoms with E-state index in [4.69, 9.17) is 9.47 Å². The molecule has 2 amide bonds. The van der Waals surface area contributed by atoms with Gasteiger partial charge in [-0.2, -0.15) is 0 Å².